The first-order chi connectivity index (χ1) is 9.10. The van der Waals surface area contributed by atoms with Gasteiger partial charge in [-0.05, 0) is 38.2 Å². The van der Waals surface area contributed by atoms with Crippen LogP contribution in [0, 0.1) is 17.1 Å². The summed E-state index contributed by atoms with van der Waals surface area (Å²) in [7, 11) is 0. The minimum Gasteiger partial charge on any atom is -0.309 e. The Bertz CT molecular complexity index is 436. The van der Waals surface area contributed by atoms with Gasteiger partial charge in [-0.2, -0.15) is 5.26 Å². The predicted octanol–water partition coefficient (Wildman–Crippen LogP) is 2.52. The summed E-state index contributed by atoms with van der Waals surface area (Å²) in [5.41, 5.74) is 1.04. The number of nitrogens with zero attached hydrogens (tertiary/aromatic N) is 2. The first-order valence-corrected chi connectivity index (χ1v) is 6.74. The summed E-state index contributed by atoms with van der Waals surface area (Å²) in [6.07, 6.45) is 0. The number of halogens is 1. The summed E-state index contributed by atoms with van der Waals surface area (Å²) >= 11 is 0. The van der Waals surface area contributed by atoms with E-state index in [0.717, 1.165) is 19.6 Å². The highest BCUT2D eigenvalue weighted by molar-refractivity contribution is 5.33. The molecule has 19 heavy (non-hydrogen) atoms. The minimum absolute atomic E-state index is 0.262. The molecule has 1 aromatic carbocycles. The normalized spacial score (nSPS) is 12.4. The number of nitrogens with one attached hydrogen (secondary N) is 1. The van der Waals surface area contributed by atoms with Gasteiger partial charge in [0, 0.05) is 24.7 Å². The number of likely N-dealkylation sites (N-methyl/N-ethyl adjacent to an activating group) is 1. The minimum atomic E-state index is -0.262. The molecule has 1 N–H and O–H groups in total. The maximum Gasteiger partial charge on any atom is 0.127 e. The van der Waals surface area contributed by atoms with Crippen molar-refractivity contribution in [2.45, 2.75) is 33.4 Å². The van der Waals surface area contributed by atoms with Gasteiger partial charge in [0.05, 0.1) is 11.6 Å². The predicted molar refractivity (Wildman–Crippen MR) is 75.2 cm³/mol. The van der Waals surface area contributed by atoms with E-state index >= 15 is 0 Å². The Hall–Kier alpha value is -1.44. The highest BCUT2D eigenvalue weighted by Gasteiger charge is 2.09. The average Bonchev–Trinajstić information content (AvgIpc) is 2.43. The monoisotopic (exact) mass is 263 g/mol. The lowest BCUT2D eigenvalue weighted by Gasteiger charge is -2.23. The van der Waals surface area contributed by atoms with Gasteiger partial charge in [0.15, 0.2) is 0 Å². The molecule has 3 nitrogen and oxygen atoms in total. The zero-order valence-corrected chi connectivity index (χ0v) is 11.9. The van der Waals surface area contributed by atoms with Crippen LogP contribution in [0.15, 0.2) is 18.2 Å². The number of hydrogen-bond acceptors (Lipinski definition) is 3. The molecule has 104 valence electrons. The van der Waals surface area contributed by atoms with E-state index in [4.69, 9.17) is 5.26 Å². The molecule has 0 saturated carbocycles. The van der Waals surface area contributed by atoms with Crippen molar-refractivity contribution in [1.82, 2.24) is 10.2 Å². The molecule has 1 atom stereocenters. The first-order valence-electron chi connectivity index (χ1n) is 6.74. The summed E-state index contributed by atoms with van der Waals surface area (Å²) in [6.45, 7) is 9.76. The van der Waals surface area contributed by atoms with E-state index in [2.05, 4.69) is 31.0 Å². The van der Waals surface area contributed by atoms with E-state index in [-0.39, 0.29) is 11.9 Å². The quantitative estimate of drug-likeness (QED) is 0.821. The molecule has 0 bridgehead atoms. The van der Waals surface area contributed by atoms with Gasteiger partial charge in [0.25, 0.3) is 0 Å². The largest absolute Gasteiger partial charge is 0.309 e. The van der Waals surface area contributed by atoms with Crippen LogP contribution in [0.25, 0.3) is 0 Å². The molecule has 0 fully saturated rings. The van der Waals surface area contributed by atoms with Crippen molar-refractivity contribution < 1.29 is 4.39 Å². The SMILES string of the molecule is CCN(CC)CC(C)NCc1cc(C#N)ccc1F. The van der Waals surface area contributed by atoms with Gasteiger partial charge in [0.2, 0.25) is 0 Å². The number of rotatable bonds is 7. The highest BCUT2D eigenvalue weighted by Crippen LogP contribution is 2.10. The fourth-order valence-electron chi connectivity index (χ4n) is 2.00. The van der Waals surface area contributed by atoms with E-state index in [1.54, 1.807) is 6.07 Å². The zero-order chi connectivity index (χ0) is 14.3. The van der Waals surface area contributed by atoms with Crippen LogP contribution in [-0.4, -0.2) is 30.6 Å². The second-order valence-corrected chi connectivity index (χ2v) is 4.69. The molecule has 0 aliphatic heterocycles. The molecule has 0 aliphatic carbocycles. The van der Waals surface area contributed by atoms with Crippen LogP contribution in [0.4, 0.5) is 4.39 Å². The van der Waals surface area contributed by atoms with Gasteiger partial charge in [-0.25, -0.2) is 4.39 Å². The summed E-state index contributed by atoms with van der Waals surface area (Å²) in [5, 5.41) is 12.1. The second kappa shape index (κ2) is 7.88. The molecule has 1 aromatic rings. The molecule has 0 amide bonds. The van der Waals surface area contributed by atoms with Crippen molar-refractivity contribution in [3.63, 3.8) is 0 Å². The Labute approximate surface area is 115 Å². The van der Waals surface area contributed by atoms with Crippen molar-refractivity contribution >= 4 is 0 Å². The molecule has 0 aromatic heterocycles. The van der Waals surface area contributed by atoms with Crippen LogP contribution >= 0.6 is 0 Å². The standard InChI is InChI=1S/C15H22FN3/c1-4-19(5-2)11-12(3)18-10-14-8-13(9-17)6-7-15(14)16/h6-8,12,18H,4-5,10-11H2,1-3H3. The molecule has 0 saturated heterocycles. The highest BCUT2D eigenvalue weighted by atomic mass is 19.1. The van der Waals surface area contributed by atoms with Gasteiger partial charge in [-0.1, -0.05) is 13.8 Å². The summed E-state index contributed by atoms with van der Waals surface area (Å²) in [4.78, 5) is 2.32. The molecule has 1 rings (SSSR count). The van der Waals surface area contributed by atoms with Gasteiger partial charge < -0.3 is 10.2 Å². The van der Waals surface area contributed by atoms with Crippen LogP contribution in [0.5, 0.6) is 0 Å². The lowest BCUT2D eigenvalue weighted by atomic mass is 10.1. The third-order valence-electron chi connectivity index (χ3n) is 3.24. The van der Waals surface area contributed by atoms with Gasteiger partial charge in [-0.3, -0.25) is 0 Å². The third kappa shape index (κ3) is 4.98. The number of benzene rings is 1. The number of hydrogen-bond donors (Lipinski definition) is 1. The Morgan fingerprint density at radius 2 is 2.05 bits per heavy atom. The van der Waals surface area contributed by atoms with Crippen LogP contribution in [0.2, 0.25) is 0 Å². The van der Waals surface area contributed by atoms with Crippen LogP contribution < -0.4 is 5.32 Å². The fraction of sp³-hybridized carbons (Fsp3) is 0.533. The molecule has 0 aliphatic rings. The average molecular weight is 263 g/mol. The summed E-state index contributed by atoms with van der Waals surface area (Å²) in [5.74, 6) is -0.262. The smallest absolute Gasteiger partial charge is 0.127 e. The Morgan fingerprint density at radius 1 is 1.37 bits per heavy atom. The van der Waals surface area contributed by atoms with E-state index < -0.39 is 0 Å². The maximum atomic E-state index is 13.6. The topological polar surface area (TPSA) is 39.1 Å². The lowest BCUT2D eigenvalue weighted by molar-refractivity contribution is 0.270. The van der Waals surface area contributed by atoms with Crippen LogP contribution in [0.3, 0.4) is 0 Å². The Kier molecular flexibility index (Phi) is 6.48. The third-order valence-corrected chi connectivity index (χ3v) is 3.24. The van der Waals surface area contributed by atoms with Gasteiger partial charge in [0.1, 0.15) is 5.82 Å². The number of nitriles is 1. The molecule has 0 spiro atoms. The van der Waals surface area contributed by atoms with Crippen molar-refractivity contribution in [2.24, 2.45) is 0 Å². The van der Waals surface area contributed by atoms with Gasteiger partial charge in [-0.15, -0.1) is 0 Å². The zero-order valence-electron chi connectivity index (χ0n) is 11.9. The molecule has 0 radical (unpaired) electrons. The van der Waals surface area contributed by atoms with Crippen molar-refractivity contribution in [3.8, 4) is 6.07 Å². The molecule has 4 heteroatoms. The maximum absolute atomic E-state index is 13.6. The van der Waals surface area contributed by atoms with E-state index in [1.165, 1.54) is 12.1 Å². The second-order valence-electron chi connectivity index (χ2n) is 4.69. The molecule has 0 heterocycles. The van der Waals surface area contributed by atoms with E-state index in [1.807, 2.05) is 6.07 Å². The Balaban J connectivity index is 2.54. The summed E-state index contributed by atoms with van der Waals surface area (Å²) in [6, 6.07) is 6.77. The van der Waals surface area contributed by atoms with Crippen LogP contribution in [0.1, 0.15) is 31.9 Å². The molecular weight excluding hydrogens is 241 g/mol. The van der Waals surface area contributed by atoms with Gasteiger partial charge >= 0.3 is 0 Å². The van der Waals surface area contributed by atoms with Crippen molar-refractivity contribution in [1.29, 1.82) is 5.26 Å². The fourth-order valence-corrected chi connectivity index (χ4v) is 2.00. The molecule has 1 unspecified atom stereocenters. The summed E-state index contributed by atoms with van der Waals surface area (Å²) < 4.78 is 13.6. The van der Waals surface area contributed by atoms with E-state index in [9.17, 15) is 4.39 Å². The Morgan fingerprint density at radius 3 is 2.63 bits per heavy atom. The van der Waals surface area contributed by atoms with Crippen LogP contribution in [-0.2, 0) is 6.54 Å². The van der Waals surface area contributed by atoms with Crippen molar-refractivity contribution in [3.05, 3.63) is 35.1 Å². The van der Waals surface area contributed by atoms with E-state index in [0.29, 0.717) is 17.7 Å². The first kappa shape index (κ1) is 15.6. The molecular formula is C15H22FN3. The lowest BCUT2D eigenvalue weighted by Crippen LogP contribution is -2.38. The van der Waals surface area contributed by atoms with Crippen molar-refractivity contribution in [2.75, 3.05) is 19.6 Å².